The summed E-state index contributed by atoms with van der Waals surface area (Å²) in [6, 6.07) is 11.6. The second-order valence-corrected chi connectivity index (χ2v) is 10.7. The van der Waals surface area contributed by atoms with E-state index < -0.39 is 10.0 Å². The number of hydrogen-bond donors (Lipinski definition) is 1. The van der Waals surface area contributed by atoms with Gasteiger partial charge in [0.15, 0.2) is 0 Å². The number of nitrogens with one attached hydrogen (secondary N) is 1. The molecule has 34 heavy (non-hydrogen) atoms. The molecular weight excluding hydrogens is 454 g/mol. The van der Waals surface area contributed by atoms with Crippen molar-refractivity contribution in [3.63, 3.8) is 0 Å². The van der Waals surface area contributed by atoms with Crippen molar-refractivity contribution in [1.82, 2.24) is 9.21 Å². The Labute approximate surface area is 200 Å². The van der Waals surface area contributed by atoms with E-state index >= 15 is 0 Å². The summed E-state index contributed by atoms with van der Waals surface area (Å²) in [6.45, 7) is 2.30. The Kier molecular flexibility index (Phi) is 7.53. The first-order valence-electron chi connectivity index (χ1n) is 11.7. The topological polar surface area (TPSA) is 96.0 Å². The van der Waals surface area contributed by atoms with Gasteiger partial charge in [-0.05, 0) is 55.2 Å². The molecule has 0 spiro atoms. The summed E-state index contributed by atoms with van der Waals surface area (Å²) in [4.78, 5) is 26.7. The van der Waals surface area contributed by atoms with Gasteiger partial charge in [-0.1, -0.05) is 25.0 Å². The van der Waals surface area contributed by atoms with Gasteiger partial charge < -0.3 is 15.0 Å². The van der Waals surface area contributed by atoms with Crippen molar-refractivity contribution in [3.8, 4) is 5.75 Å². The van der Waals surface area contributed by atoms with Crippen LogP contribution in [0.15, 0.2) is 47.4 Å². The van der Waals surface area contributed by atoms with Gasteiger partial charge in [0.25, 0.3) is 5.91 Å². The van der Waals surface area contributed by atoms with Gasteiger partial charge in [-0.2, -0.15) is 4.31 Å². The van der Waals surface area contributed by atoms with Gasteiger partial charge in [0.05, 0.1) is 17.7 Å². The molecule has 0 aromatic heterocycles. The number of hydrogen-bond acceptors (Lipinski definition) is 5. The minimum atomic E-state index is -3.66. The van der Waals surface area contributed by atoms with E-state index in [1.807, 2.05) is 17.0 Å². The zero-order valence-corrected chi connectivity index (χ0v) is 20.3. The van der Waals surface area contributed by atoms with Gasteiger partial charge in [-0.25, -0.2) is 8.42 Å². The number of likely N-dealkylation sites (tertiary alicyclic amines) is 1. The number of rotatable bonds is 7. The highest BCUT2D eigenvalue weighted by atomic mass is 32.2. The largest absolute Gasteiger partial charge is 0.495 e. The molecular formula is C25H31N3O5S. The van der Waals surface area contributed by atoms with Crippen LogP contribution in [0.1, 0.15) is 54.4 Å². The van der Waals surface area contributed by atoms with Crippen LogP contribution in [0.5, 0.6) is 5.75 Å². The van der Waals surface area contributed by atoms with Crippen molar-refractivity contribution >= 4 is 27.5 Å². The molecule has 2 aliphatic rings. The molecule has 8 nitrogen and oxygen atoms in total. The standard InChI is InChI=1S/C25H31N3O5S/c1-33-23-13-12-21(34(31,32)28-15-4-2-3-5-16-28)17-22(23)26-25(30)20-10-8-19(9-11-20)18-27-14-6-7-24(27)29/h8-13,17H,2-7,14-16,18H2,1H3,(H,26,30). The summed E-state index contributed by atoms with van der Waals surface area (Å²) >= 11 is 0. The van der Waals surface area contributed by atoms with Crippen LogP contribution in [0.3, 0.4) is 0 Å². The first-order valence-corrected chi connectivity index (χ1v) is 13.2. The number of benzene rings is 2. The second kappa shape index (κ2) is 10.6. The Bertz CT molecular complexity index is 1140. The molecule has 2 fully saturated rings. The molecule has 4 rings (SSSR count). The fourth-order valence-electron chi connectivity index (χ4n) is 4.42. The Morgan fingerprint density at radius 3 is 2.29 bits per heavy atom. The molecule has 0 unspecified atom stereocenters. The Hall–Kier alpha value is -2.91. The summed E-state index contributed by atoms with van der Waals surface area (Å²) in [7, 11) is -2.19. The van der Waals surface area contributed by atoms with Crippen molar-refractivity contribution in [3.05, 3.63) is 53.6 Å². The molecule has 2 amide bonds. The third-order valence-corrected chi connectivity index (χ3v) is 8.28. The first kappa shape index (κ1) is 24.2. The van der Waals surface area contributed by atoms with Crippen LogP contribution in [-0.2, 0) is 21.4 Å². The molecule has 2 saturated heterocycles. The van der Waals surface area contributed by atoms with Crippen LogP contribution in [-0.4, -0.2) is 56.2 Å². The SMILES string of the molecule is COc1ccc(S(=O)(=O)N2CCCCCC2)cc1NC(=O)c1ccc(CN2CCCC2=O)cc1. The summed E-state index contributed by atoms with van der Waals surface area (Å²) in [5.41, 5.74) is 1.68. The van der Waals surface area contributed by atoms with Crippen molar-refractivity contribution in [1.29, 1.82) is 0 Å². The van der Waals surface area contributed by atoms with Crippen molar-refractivity contribution < 1.29 is 22.7 Å². The number of ether oxygens (including phenoxy) is 1. The summed E-state index contributed by atoms with van der Waals surface area (Å²) < 4.78 is 33.3. The Morgan fingerprint density at radius 2 is 1.68 bits per heavy atom. The number of carbonyl (C=O) groups excluding carboxylic acids is 2. The number of methoxy groups -OCH3 is 1. The molecule has 1 N–H and O–H groups in total. The van der Waals surface area contributed by atoms with E-state index in [0.717, 1.165) is 44.2 Å². The summed E-state index contributed by atoms with van der Waals surface area (Å²) in [5.74, 6) is 0.169. The lowest BCUT2D eigenvalue weighted by Gasteiger charge is -2.21. The maximum absolute atomic E-state index is 13.2. The zero-order chi connectivity index (χ0) is 24.1. The van der Waals surface area contributed by atoms with Crippen LogP contribution < -0.4 is 10.1 Å². The summed E-state index contributed by atoms with van der Waals surface area (Å²) in [6.07, 6.45) is 5.23. The molecule has 182 valence electrons. The van der Waals surface area contributed by atoms with Crippen molar-refractivity contribution in [2.75, 3.05) is 32.1 Å². The van der Waals surface area contributed by atoms with Crippen LogP contribution >= 0.6 is 0 Å². The molecule has 2 aliphatic heterocycles. The van der Waals surface area contributed by atoms with Crippen LogP contribution in [0.2, 0.25) is 0 Å². The zero-order valence-electron chi connectivity index (χ0n) is 19.5. The van der Waals surface area contributed by atoms with E-state index in [1.54, 1.807) is 18.2 Å². The third kappa shape index (κ3) is 5.42. The molecule has 0 aliphatic carbocycles. The highest BCUT2D eigenvalue weighted by Crippen LogP contribution is 2.30. The lowest BCUT2D eigenvalue weighted by Crippen LogP contribution is -2.32. The lowest BCUT2D eigenvalue weighted by atomic mass is 10.1. The fraction of sp³-hybridized carbons (Fsp3) is 0.440. The highest BCUT2D eigenvalue weighted by molar-refractivity contribution is 7.89. The number of carbonyl (C=O) groups is 2. The van der Waals surface area contributed by atoms with Gasteiger partial charge in [0.1, 0.15) is 5.75 Å². The number of nitrogens with zero attached hydrogens (tertiary/aromatic N) is 2. The van der Waals surface area contributed by atoms with Crippen molar-refractivity contribution in [2.24, 2.45) is 0 Å². The first-order chi connectivity index (χ1) is 16.4. The van der Waals surface area contributed by atoms with Gasteiger partial charge in [-0.15, -0.1) is 0 Å². The second-order valence-electron chi connectivity index (χ2n) is 8.75. The maximum atomic E-state index is 13.2. The normalized spacial score (nSPS) is 17.4. The van der Waals surface area contributed by atoms with E-state index in [9.17, 15) is 18.0 Å². The van der Waals surface area contributed by atoms with Crippen LogP contribution in [0.4, 0.5) is 5.69 Å². The average Bonchev–Trinajstić information content (AvgIpc) is 3.06. The average molecular weight is 486 g/mol. The van der Waals surface area contributed by atoms with Crippen LogP contribution in [0, 0.1) is 0 Å². The maximum Gasteiger partial charge on any atom is 0.255 e. The molecule has 0 atom stereocenters. The van der Waals surface area contributed by atoms with E-state index in [2.05, 4.69) is 5.32 Å². The van der Waals surface area contributed by atoms with Gasteiger partial charge in [0, 0.05) is 38.2 Å². The monoisotopic (exact) mass is 485 g/mol. The molecule has 2 aromatic rings. The van der Waals surface area contributed by atoms with Gasteiger partial charge in [-0.3, -0.25) is 9.59 Å². The van der Waals surface area contributed by atoms with E-state index in [0.29, 0.717) is 43.1 Å². The molecule has 0 saturated carbocycles. The minimum Gasteiger partial charge on any atom is -0.495 e. The number of sulfonamides is 1. The highest BCUT2D eigenvalue weighted by Gasteiger charge is 2.26. The van der Waals surface area contributed by atoms with E-state index in [-0.39, 0.29) is 16.7 Å². The van der Waals surface area contributed by atoms with Crippen LogP contribution in [0.25, 0.3) is 0 Å². The van der Waals surface area contributed by atoms with Gasteiger partial charge >= 0.3 is 0 Å². The quantitative estimate of drug-likeness (QED) is 0.646. The smallest absolute Gasteiger partial charge is 0.255 e. The Balaban J connectivity index is 1.50. The number of amides is 2. The van der Waals surface area contributed by atoms with Gasteiger partial charge in [0.2, 0.25) is 15.9 Å². The third-order valence-electron chi connectivity index (χ3n) is 6.38. The Morgan fingerprint density at radius 1 is 0.971 bits per heavy atom. The number of anilines is 1. The van der Waals surface area contributed by atoms with Crippen molar-refractivity contribution in [2.45, 2.75) is 50.0 Å². The summed E-state index contributed by atoms with van der Waals surface area (Å²) in [5, 5.41) is 2.79. The predicted molar refractivity (Wildman–Crippen MR) is 129 cm³/mol. The fourth-order valence-corrected chi connectivity index (χ4v) is 5.97. The van der Waals surface area contributed by atoms with E-state index in [1.165, 1.54) is 23.5 Å². The molecule has 0 radical (unpaired) electrons. The molecule has 9 heteroatoms. The molecule has 2 heterocycles. The van der Waals surface area contributed by atoms with E-state index in [4.69, 9.17) is 4.74 Å². The molecule has 0 bridgehead atoms. The minimum absolute atomic E-state index is 0.135. The lowest BCUT2D eigenvalue weighted by molar-refractivity contribution is -0.128. The predicted octanol–water partition coefficient (Wildman–Crippen LogP) is 3.63. The molecule has 2 aromatic carbocycles.